The molecule has 4 aromatic rings. The second-order valence-electron chi connectivity index (χ2n) is 7.84. The number of hydrogen-bond acceptors (Lipinski definition) is 3. The number of carbonyl (C=O) groups is 2. The van der Waals surface area contributed by atoms with Crippen LogP contribution < -0.4 is 4.90 Å². The highest BCUT2D eigenvalue weighted by molar-refractivity contribution is 6.35. The maximum atomic E-state index is 13.7. The second kappa shape index (κ2) is 11.2. The number of anilines is 1. The van der Waals surface area contributed by atoms with E-state index < -0.39 is 5.97 Å². The van der Waals surface area contributed by atoms with Crippen LogP contribution in [-0.2, 0) is 11.3 Å². The molecule has 1 amide bonds. The molecule has 0 aliphatic rings. The van der Waals surface area contributed by atoms with E-state index in [0.717, 1.165) is 16.7 Å². The molecule has 4 rings (SSSR count). The van der Waals surface area contributed by atoms with Crippen LogP contribution in [0.25, 0.3) is 11.1 Å². The summed E-state index contributed by atoms with van der Waals surface area (Å²) in [6, 6.07) is 29.4. The molecule has 35 heavy (non-hydrogen) atoms. The summed E-state index contributed by atoms with van der Waals surface area (Å²) in [6.45, 7) is 2.28. The fraction of sp³-hybridized carbons (Fsp3) is 0.103. The van der Waals surface area contributed by atoms with Crippen molar-refractivity contribution < 1.29 is 14.3 Å². The van der Waals surface area contributed by atoms with Crippen LogP contribution in [0.15, 0.2) is 97.1 Å². The summed E-state index contributed by atoms with van der Waals surface area (Å²) in [6.07, 6.45) is 0. The molecule has 0 fully saturated rings. The summed E-state index contributed by atoms with van der Waals surface area (Å²) in [4.78, 5) is 27.4. The largest absolute Gasteiger partial charge is 0.462 e. The molecule has 0 atom stereocenters. The first-order valence-electron chi connectivity index (χ1n) is 11.1. The van der Waals surface area contributed by atoms with E-state index in [0.29, 0.717) is 33.5 Å². The van der Waals surface area contributed by atoms with Crippen LogP contribution in [-0.4, -0.2) is 18.5 Å². The lowest BCUT2D eigenvalue weighted by Gasteiger charge is -2.24. The minimum Gasteiger partial charge on any atom is -0.462 e. The van der Waals surface area contributed by atoms with Crippen molar-refractivity contribution in [3.8, 4) is 11.1 Å². The van der Waals surface area contributed by atoms with Crippen LogP contribution in [0.5, 0.6) is 0 Å². The third-order valence-corrected chi connectivity index (χ3v) is 6.10. The average Bonchev–Trinajstić information content (AvgIpc) is 2.89. The zero-order valence-corrected chi connectivity index (χ0v) is 20.6. The predicted molar refractivity (Wildman–Crippen MR) is 141 cm³/mol. The van der Waals surface area contributed by atoms with Gasteiger partial charge in [-0.25, -0.2) is 4.79 Å². The second-order valence-corrected chi connectivity index (χ2v) is 8.68. The van der Waals surface area contributed by atoms with Crippen molar-refractivity contribution in [3.63, 3.8) is 0 Å². The van der Waals surface area contributed by atoms with Crippen LogP contribution >= 0.6 is 23.2 Å². The maximum absolute atomic E-state index is 13.7. The Hall–Kier alpha value is -3.60. The third-order valence-electron chi connectivity index (χ3n) is 5.52. The molecule has 6 heteroatoms. The number of benzene rings is 4. The van der Waals surface area contributed by atoms with Gasteiger partial charge >= 0.3 is 5.97 Å². The molecule has 0 aliphatic carbocycles. The molecule has 0 unspecified atom stereocenters. The first-order chi connectivity index (χ1) is 17.0. The number of ether oxygens (including phenoxy) is 1. The maximum Gasteiger partial charge on any atom is 0.338 e. The Kier molecular flexibility index (Phi) is 7.86. The minimum atomic E-state index is -0.408. The predicted octanol–water partition coefficient (Wildman–Crippen LogP) is 7.68. The van der Waals surface area contributed by atoms with Crippen molar-refractivity contribution in [1.29, 1.82) is 0 Å². The molecule has 0 aromatic heterocycles. The summed E-state index contributed by atoms with van der Waals surface area (Å²) in [7, 11) is 0. The van der Waals surface area contributed by atoms with E-state index in [4.69, 9.17) is 27.9 Å². The van der Waals surface area contributed by atoms with Gasteiger partial charge < -0.3 is 9.64 Å². The van der Waals surface area contributed by atoms with Gasteiger partial charge in [-0.2, -0.15) is 0 Å². The first kappa shape index (κ1) is 24.5. The van der Waals surface area contributed by atoms with E-state index in [1.807, 2.05) is 54.6 Å². The Balaban J connectivity index is 1.66. The summed E-state index contributed by atoms with van der Waals surface area (Å²) >= 11 is 12.5. The standard InChI is InChI=1S/C29H23Cl2NO3/c1-2-35-29(34)23-13-16-26(17-14-23)32(19-24-12-15-25(30)18-27(24)31)28(33)22-10-8-21(9-11-22)20-6-4-3-5-7-20/h3-18H,2,19H2,1H3. The van der Waals surface area contributed by atoms with Crippen LogP contribution in [0.4, 0.5) is 5.69 Å². The van der Waals surface area contributed by atoms with Crippen molar-refractivity contribution in [3.05, 3.63) is 124 Å². The lowest BCUT2D eigenvalue weighted by Crippen LogP contribution is -2.30. The average molecular weight is 504 g/mol. The fourth-order valence-corrected chi connectivity index (χ4v) is 4.15. The molecule has 4 nitrogen and oxygen atoms in total. The number of halogens is 2. The summed E-state index contributed by atoms with van der Waals surface area (Å²) in [5, 5.41) is 0.991. The van der Waals surface area contributed by atoms with E-state index in [-0.39, 0.29) is 12.5 Å². The van der Waals surface area contributed by atoms with E-state index in [1.54, 1.807) is 54.3 Å². The van der Waals surface area contributed by atoms with Crippen molar-refractivity contribution in [2.75, 3.05) is 11.5 Å². The van der Waals surface area contributed by atoms with E-state index in [9.17, 15) is 9.59 Å². The molecule has 0 heterocycles. The van der Waals surface area contributed by atoms with Crippen molar-refractivity contribution in [2.45, 2.75) is 13.5 Å². The molecule has 0 N–H and O–H groups in total. The summed E-state index contributed by atoms with van der Waals surface area (Å²) in [5.74, 6) is -0.603. The molecule has 0 saturated heterocycles. The Morgan fingerprint density at radius 2 is 1.40 bits per heavy atom. The van der Waals surface area contributed by atoms with Crippen LogP contribution in [0, 0.1) is 0 Å². The molecule has 0 spiro atoms. The minimum absolute atomic E-state index is 0.195. The molecule has 176 valence electrons. The number of hydrogen-bond donors (Lipinski definition) is 0. The number of esters is 1. The highest BCUT2D eigenvalue weighted by Gasteiger charge is 2.20. The van der Waals surface area contributed by atoms with Crippen LogP contribution in [0.3, 0.4) is 0 Å². The van der Waals surface area contributed by atoms with Gasteiger partial charge in [-0.15, -0.1) is 0 Å². The smallest absolute Gasteiger partial charge is 0.338 e. The molecule has 0 saturated carbocycles. The zero-order chi connectivity index (χ0) is 24.8. The van der Waals surface area contributed by atoms with E-state index >= 15 is 0 Å². The Morgan fingerprint density at radius 1 is 0.771 bits per heavy atom. The fourth-order valence-electron chi connectivity index (χ4n) is 3.68. The van der Waals surface area contributed by atoms with Gasteiger partial charge in [0.05, 0.1) is 18.7 Å². The normalized spacial score (nSPS) is 10.6. The van der Waals surface area contributed by atoms with E-state index in [1.165, 1.54) is 0 Å². The van der Waals surface area contributed by atoms with Gasteiger partial charge in [-0.05, 0) is 72.1 Å². The lowest BCUT2D eigenvalue weighted by molar-refractivity contribution is 0.0526. The van der Waals surface area contributed by atoms with Crippen LogP contribution in [0.2, 0.25) is 10.0 Å². The summed E-state index contributed by atoms with van der Waals surface area (Å²) in [5.41, 5.74) is 4.42. The topological polar surface area (TPSA) is 46.6 Å². The van der Waals surface area contributed by atoms with Gasteiger partial charge in [0.25, 0.3) is 5.91 Å². The molecule has 0 radical (unpaired) electrons. The number of amides is 1. The molecular weight excluding hydrogens is 481 g/mol. The molecule has 4 aromatic carbocycles. The third kappa shape index (κ3) is 5.91. The van der Waals surface area contributed by atoms with Crippen molar-refractivity contribution >= 4 is 40.8 Å². The van der Waals surface area contributed by atoms with Crippen molar-refractivity contribution in [2.24, 2.45) is 0 Å². The molecule has 0 aliphatic heterocycles. The summed E-state index contributed by atoms with van der Waals surface area (Å²) < 4.78 is 5.07. The Morgan fingerprint density at radius 3 is 2.03 bits per heavy atom. The van der Waals surface area contributed by atoms with Gasteiger partial charge in [0, 0.05) is 21.3 Å². The Bertz CT molecular complexity index is 1320. The number of rotatable bonds is 7. The highest BCUT2D eigenvalue weighted by Crippen LogP contribution is 2.27. The van der Waals surface area contributed by atoms with Gasteiger partial charge in [0.15, 0.2) is 0 Å². The molecule has 0 bridgehead atoms. The Labute approximate surface area is 214 Å². The van der Waals surface area contributed by atoms with E-state index in [2.05, 4.69) is 0 Å². The first-order valence-corrected chi connectivity index (χ1v) is 11.9. The van der Waals surface area contributed by atoms with Gasteiger partial charge in [-0.3, -0.25) is 4.79 Å². The SMILES string of the molecule is CCOC(=O)c1ccc(N(Cc2ccc(Cl)cc2Cl)C(=O)c2ccc(-c3ccccc3)cc2)cc1. The quantitative estimate of drug-likeness (QED) is 0.243. The van der Waals surface area contributed by atoms with Gasteiger partial charge in [0.2, 0.25) is 0 Å². The number of carbonyl (C=O) groups excluding carboxylic acids is 2. The zero-order valence-electron chi connectivity index (χ0n) is 19.1. The van der Waals surface area contributed by atoms with Crippen molar-refractivity contribution in [1.82, 2.24) is 0 Å². The van der Waals surface area contributed by atoms with Crippen LogP contribution in [0.1, 0.15) is 33.2 Å². The molecular formula is C29H23Cl2NO3. The van der Waals surface area contributed by atoms with Gasteiger partial charge in [-0.1, -0.05) is 71.7 Å². The highest BCUT2D eigenvalue weighted by atomic mass is 35.5. The van der Waals surface area contributed by atoms with Gasteiger partial charge in [0.1, 0.15) is 0 Å². The number of nitrogens with zero attached hydrogens (tertiary/aromatic N) is 1. The lowest BCUT2D eigenvalue weighted by atomic mass is 10.0. The monoisotopic (exact) mass is 503 g/mol.